The van der Waals surface area contributed by atoms with Gasteiger partial charge in [0.25, 0.3) is 0 Å². The number of ketones is 1. The van der Waals surface area contributed by atoms with Crippen LogP contribution in [0.4, 0.5) is 0 Å². The average molecular weight is 451 g/mol. The molecule has 33 heavy (non-hydrogen) atoms. The van der Waals surface area contributed by atoms with Crippen LogP contribution in [0.1, 0.15) is 75.5 Å². The summed E-state index contributed by atoms with van der Waals surface area (Å²) in [4.78, 5) is 13.1. The molecule has 0 bridgehead atoms. The Morgan fingerprint density at radius 3 is 2.79 bits per heavy atom. The van der Waals surface area contributed by atoms with Crippen LogP contribution < -0.4 is 0 Å². The highest BCUT2D eigenvalue weighted by Crippen LogP contribution is 2.69. The molecule has 1 spiro atoms. The first-order valence-corrected chi connectivity index (χ1v) is 12.4. The highest BCUT2D eigenvalue weighted by atomic mass is 16.6. The minimum Gasteiger partial charge on any atom is -0.380 e. The monoisotopic (exact) mass is 450 g/mol. The summed E-state index contributed by atoms with van der Waals surface area (Å²) in [5.74, 6) is 0.950. The number of allylic oxidation sites excluding steroid dienone is 1. The molecular weight excluding hydrogens is 416 g/mol. The fourth-order valence-electron chi connectivity index (χ4n) is 7.34. The third-order valence-electron chi connectivity index (χ3n) is 9.88. The number of ether oxygens (including phenoxy) is 2. The van der Waals surface area contributed by atoms with Crippen LogP contribution in [0.3, 0.4) is 0 Å². The Bertz CT molecular complexity index is 1090. The van der Waals surface area contributed by atoms with Gasteiger partial charge in [0.2, 0.25) is 0 Å². The summed E-state index contributed by atoms with van der Waals surface area (Å²) in [6, 6.07) is 6.73. The fraction of sp³-hybridized carbons (Fsp3) is 0.607. The lowest BCUT2D eigenvalue weighted by Gasteiger charge is -2.51. The topological polar surface area (TPSA) is 79.3 Å². The van der Waals surface area contributed by atoms with Crippen LogP contribution in [0.25, 0.3) is 0 Å². The lowest BCUT2D eigenvalue weighted by molar-refractivity contribution is -0.217. The van der Waals surface area contributed by atoms with Gasteiger partial charge in [-0.3, -0.25) is 4.79 Å². The van der Waals surface area contributed by atoms with E-state index >= 15 is 0 Å². The Labute approximate surface area is 195 Å². The fourth-order valence-corrected chi connectivity index (χ4v) is 7.34. The summed E-state index contributed by atoms with van der Waals surface area (Å²) in [5.41, 5.74) is 2.58. The van der Waals surface area contributed by atoms with Gasteiger partial charge in [0.15, 0.2) is 12.1 Å². The number of fused-ring (bicyclic) bond motifs is 4. The van der Waals surface area contributed by atoms with Crippen molar-refractivity contribution in [3.05, 3.63) is 58.7 Å². The Morgan fingerprint density at radius 1 is 1.24 bits per heavy atom. The average Bonchev–Trinajstić information content (AvgIpc) is 3.50. The zero-order valence-electron chi connectivity index (χ0n) is 19.9. The van der Waals surface area contributed by atoms with E-state index in [0.29, 0.717) is 11.8 Å². The van der Waals surface area contributed by atoms with Crippen molar-refractivity contribution in [2.45, 2.75) is 94.9 Å². The van der Waals surface area contributed by atoms with Crippen molar-refractivity contribution < 1.29 is 24.5 Å². The molecule has 176 valence electrons. The molecule has 0 aromatic heterocycles. The molecule has 9 atom stereocenters. The van der Waals surface area contributed by atoms with E-state index < -0.39 is 17.3 Å². The lowest BCUT2D eigenvalue weighted by Crippen LogP contribution is -2.56. The van der Waals surface area contributed by atoms with Crippen molar-refractivity contribution >= 4 is 5.78 Å². The summed E-state index contributed by atoms with van der Waals surface area (Å²) < 4.78 is 12.1. The van der Waals surface area contributed by atoms with Gasteiger partial charge in [-0.2, -0.15) is 0 Å². The number of hydrogen-bond donors (Lipinski definition) is 2. The van der Waals surface area contributed by atoms with E-state index in [1.54, 1.807) is 13.0 Å². The predicted molar refractivity (Wildman–Crippen MR) is 124 cm³/mol. The van der Waals surface area contributed by atoms with Gasteiger partial charge < -0.3 is 19.7 Å². The lowest BCUT2D eigenvalue weighted by atomic mass is 9.49. The molecule has 1 aromatic rings. The van der Waals surface area contributed by atoms with E-state index in [1.165, 1.54) is 16.7 Å². The molecule has 1 aromatic carbocycles. The zero-order valence-corrected chi connectivity index (χ0v) is 19.9. The van der Waals surface area contributed by atoms with Gasteiger partial charge in [0, 0.05) is 5.92 Å². The Balaban J connectivity index is 1.30. The smallest absolute Gasteiger partial charge is 0.188 e. The second kappa shape index (κ2) is 6.88. The van der Waals surface area contributed by atoms with Crippen molar-refractivity contribution in [1.82, 2.24) is 0 Å². The SMILES string of the molecule is CC1=CC(C(C)c2ccc3c(c2)CCC2C3CC3OC34CC=CC(=O)C24C)OC(O)C1(C)O. The Hall–Kier alpha value is -1.79. The summed E-state index contributed by atoms with van der Waals surface area (Å²) in [6.45, 7) is 7.68. The molecule has 1 saturated heterocycles. The summed E-state index contributed by atoms with van der Waals surface area (Å²) in [6.07, 6.45) is 8.20. The molecule has 2 N–H and O–H groups in total. The molecular formula is C28H34O5. The number of aliphatic hydroxyl groups excluding tert-OH is 1. The number of benzene rings is 1. The van der Waals surface area contributed by atoms with Crippen molar-refractivity contribution in [1.29, 1.82) is 0 Å². The second-order valence-corrected chi connectivity index (χ2v) is 11.4. The molecule has 0 amide bonds. The third-order valence-corrected chi connectivity index (χ3v) is 9.88. The van der Waals surface area contributed by atoms with Crippen LogP contribution in [0, 0.1) is 11.3 Å². The van der Waals surface area contributed by atoms with E-state index in [9.17, 15) is 15.0 Å². The summed E-state index contributed by atoms with van der Waals surface area (Å²) in [7, 11) is 0. The number of carbonyl (C=O) groups excluding carboxylic acids is 1. The number of epoxide rings is 1. The van der Waals surface area contributed by atoms with Crippen LogP contribution in [0.15, 0.2) is 42.0 Å². The first-order valence-electron chi connectivity index (χ1n) is 12.4. The molecule has 6 rings (SSSR count). The molecule has 5 heteroatoms. The molecule has 5 aliphatic rings. The summed E-state index contributed by atoms with van der Waals surface area (Å²) >= 11 is 0. The number of aliphatic hydroxyl groups is 2. The molecule has 0 radical (unpaired) electrons. The molecule has 2 heterocycles. The maximum absolute atomic E-state index is 13.1. The number of rotatable bonds is 2. The minimum atomic E-state index is -1.36. The quantitative estimate of drug-likeness (QED) is 0.527. The number of carbonyl (C=O) groups is 1. The van der Waals surface area contributed by atoms with Crippen LogP contribution >= 0.6 is 0 Å². The minimum absolute atomic E-state index is 0.0436. The van der Waals surface area contributed by atoms with Crippen molar-refractivity contribution in [2.75, 3.05) is 0 Å². The van der Waals surface area contributed by atoms with Gasteiger partial charge in [-0.05, 0) is 86.6 Å². The van der Waals surface area contributed by atoms with Gasteiger partial charge >= 0.3 is 0 Å². The Kier molecular flexibility index (Phi) is 4.53. The molecule has 1 saturated carbocycles. The maximum atomic E-state index is 13.1. The van der Waals surface area contributed by atoms with E-state index in [-0.39, 0.29) is 29.5 Å². The first-order chi connectivity index (χ1) is 15.6. The van der Waals surface area contributed by atoms with Crippen molar-refractivity contribution in [3.63, 3.8) is 0 Å². The van der Waals surface area contributed by atoms with Gasteiger partial charge in [-0.25, -0.2) is 0 Å². The molecule has 3 aliphatic carbocycles. The zero-order chi connectivity index (χ0) is 23.3. The molecule has 9 unspecified atom stereocenters. The van der Waals surface area contributed by atoms with Crippen LogP contribution in [0.5, 0.6) is 0 Å². The van der Waals surface area contributed by atoms with Gasteiger partial charge in [-0.15, -0.1) is 0 Å². The van der Waals surface area contributed by atoms with Gasteiger partial charge in [0.05, 0.1) is 17.6 Å². The van der Waals surface area contributed by atoms with Gasteiger partial charge in [-0.1, -0.05) is 37.3 Å². The predicted octanol–water partition coefficient (Wildman–Crippen LogP) is 3.93. The first kappa shape index (κ1) is 21.7. The van der Waals surface area contributed by atoms with E-state index in [4.69, 9.17) is 9.47 Å². The van der Waals surface area contributed by atoms with E-state index in [0.717, 1.165) is 31.3 Å². The largest absolute Gasteiger partial charge is 0.380 e. The highest BCUT2D eigenvalue weighted by Gasteiger charge is 2.75. The normalized spacial score (nSPS) is 46.4. The van der Waals surface area contributed by atoms with Crippen molar-refractivity contribution in [3.8, 4) is 0 Å². The standard InChI is InChI=1S/C28H34O5/c1-15-12-22(32-25(30)27(15,4)31)16(2)17-7-9-19-18(13-17)8-10-21-20(19)14-24-28(33-24)11-5-6-23(29)26(21,28)3/h5-7,9,12-13,16,20-22,24-25,30-31H,8,10-11,14H2,1-4H3. The second-order valence-electron chi connectivity index (χ2n) is 11.4. The van der Waals surface area contributed by atoms with E-state index in [1.807, 2.05) is 19.1 Å². The van der Waals surface area contributed by atoms with Crippen LogP contribution in [0.2, 0.25) is 0 Å². The Morgan fingerprint density at radius 2 is 2.03 bits per heavy atom. The number of aryl methyl sites for hydroxylation is 1. The van der Waals surface area contributed by atoms with Crippen LogP contribution in [-0.4, -0.2) is 45.7 Å². The van der Waals surface area contributed by atoms with Crippen LogP contribution in [-0.2, 0) is 20.7 Å². The van der Waals surface area contributed by atoms with E-state index in [2.05, 4.69) is 32.0 Å². The van der Waals surface area contributed by atoms with Crippen molar-refractivity contribution in [2.24, 2.45) is 11.3 Å². The maximum Gasteiger partial charge on any atom is 0.188 e. The number of hydrogen-bond acceptors (Lipinski definition) is 5. The third kappa shape index (κ3) is 2.77. The highest BCUT2D eigenvalue weighted by molar-refractivity contribution is 5.98. The molecule has 2 aliphatic heterocycles. The summed E-state index contributed by atoms with van der Waals surface area (Å²) in [5, 5.41) is 20.7. The molecule has 2 fully saturated rings. The molecule has 5 nitrogen and oxygen atoms in total. The van der Waals surface area contributed by atoms with Gasteiger partial charge in [0.1, 0.15) is 11.2 Å².